The zero-order valence-corrected chi connectivity index (χ0v) is 22.9. The number of aryl methyl sites for hydroxylation is 1. The Morgan fingerprint density at radius 3 is 2.08 bits per heavy atom. The Hall–Kier alpha value is -2.82. The van der Waals surface area contributed by atoms with Gasteiger partial charge in [0.1, 0.15) is 17.2 Å². The summed E-state index contributed by atoms with van der Waals surface area (Å²) in [6, 6.07) is 12.2. The van der Waals surface area contributed by atoms with Crippen molar-refractivity contribution in [2.45, 2.75) is 97.8 Å². The summed E-state index contributed by atoms with van der Waals surface area (Å²) in [7, 11) is 0. The molecule has 0 radical (unpaired) electrons. The highest BCUT2D eigenvalue weighted by molar-refractivity contribution is 5.93. The maximum atomic E-state index is 12.7. The third-order valence-electron chi connectivity index (χ3n) is 7.31. The lowest BCUT2D eigenvalue weighted by atomic mass is 9.80. The first-order chi connectivity index (χ1) is 18.0. The van der Waals surface area contributed by atoms with Crippen LogP contribution < -0.4 is 14.2 Å². The van der Waals surface area contributed by atoms with Gasteiger partial charge in [-0.3, -0.25) is 4.79 Å². The first-order valence-corrected chi connectivity index (χ1v) is 14.3. The van der Waals surface area contributed by atoms with Crippen LogP contribution in [0.1, 0.15) is 107 Å². The molecule has 0 spiro atoms. The van der Waals surface area contributed by atoms with E-state index in [1.807, 2.05) is 19.1 Å². The summed E-state index contributed by atoms with van der Waals surface area (Å²) < 4.78 is 17.0. The van der Waals surface area contributed by atoms with Gasteiger partial charge in [-0.2, -0.15) is 0 Å². The molecular formula is C32H44O5. The maximum absolute atomic E-state index is 12.7. The molecule has 0 saturated heterocycles. The molecule has 5 heteroatoms. The molecule has 1 aliphatic carbocycles. The van der Waals surface area contributed by atoms with Crippen LogP contribution >= 0.6 is 0 Å². The zero-order chi connectivity index (χ0) is 26.5. The van der Waals surface area contributed by atoms with Crippen molar-refractivity contribution in [2.24, 2.45) is 11.8 Å². The van der Waals surface area contributed by atoms with Crippen LogP contribution in [0, 0.1) is 18.8 Å². The fourth-order valence-corrected chi connectivity index (χ4v) is 5.06. The van der Waals surface area contributed by atoms with E-state index < -0.39 is 5.97 Å². The first-order valence-electron chi connectivity index (χ1n) is 14.3. The molecular weight excluding hydrogens is 464 g/mol. The average Bonchev–Trinajstić information content (AvgIpc) is 2.89. The van der Waals surface area contributed by atoms with E-state index >= 15 is 0 Å². The number of hydrogen-bond donors (Lipinski definition) is 0. The molecule has 0 unspecified atom stereocenters. The third kappa shape index (κ3) is 9.53. The molecule has 0 atom stereocenters. The van der Waals surface area contributed by atoms with Crippen molar-refractivity contribution in [1.29, 1.82) is 0 Å². The van der Waals surface area contributed by atoms with Gasteiger partial charge < -0.3 is 14.2 Å². The summed E-state index contributed by atoms with van der Waals surface area (Å²) in [5, 5.41) is 0. The minimum absolute atomic E-state index is 0.0317. The smallest absolute Gasteiger partial charge is 0.343 e. The predicted molar refractivity (Wildman–Crippen MR) is 147 cm³/mol. The molecule has 2 aromatic carbocycles. The summed E-state index contributed by atoms with van der Waals surface area (Å²) in [5.41, 5.74) is 1.16. The van der Waals surface area contributed by atoms with Crippen molar-refractivity contribution in [3.63, 3.8) is 0 Å². The topological polar surface area (TPSA) is 61.8 Å². The second-order valence-electron chi connectivity index (χ2n) is 10.4. The van der Waals surface area contributed by atoms with E-state index in [1.165, 1.54) is 44.9 Å². The molecule has 0 bridgehead atoms. The second-order valence-corrected chi connectivity index (χ2v) is 10.4. The van der Waals surface area contributed by atoms with Gasteiger partial charge in [-0.15, -0.1) is 0 Å². The monoisotopic (exact) mass is 508 g/mol. The Labute approximate surface area is 222 Å². The first kappa shape index (κ1) is 28.7. The number of hydrogen-bond acceptors (Lipinski definition) is 5. The third-order valence-corrected chi connectivity index (χ3v) is 7.31. The molecule has 3 rings (SSSR count). The molecule has 1 aliphatic rings. The van der Waals surface area contributed by atoms with Crippen LogP contribution in [0.2, 0.25) is 0 Å². The fraction of sp³-hybridized carbons (Fsp3) is 0.562. The van der Waals surface area contributed by atoms with Crippen LogP contribution in [-0.2, 0) is 4.79 Å². The number of unbranched alkanes of at least 4 members (excludes halogenated alkanes) is 5. The Kier molecular flexibility index (Phi) is 12.0. The number of carbonyl (C=O) groups is 2. The molecule has 1 fully saturated rings. The number of esters is 2. The van der Waals surface area contributed by atoms with Crippen LogP contribution in [-0.4, -0.2) is 18.5 Å². The lowest BCUT2D eigenvalue weighted by Gasteiger charge is -2.26. The largest absolute Gasteiger partial charge is 0.494 e. The quantitative estimate of drug-likeness (QED) is 0.145. The highest BCUT2D eigenvalue weighted by atomic mass is 16.5. The van der Waals surface area contributed by atoms with E-state index in [9.17, 15) is 9.59 Å². The van der Waals surface area contributed by atoms with E-state index in [-0.39, 0.29) is 11.9 Å². The molecule has 2 aromatic rings. The number of ether oxygens (including phenoxy) is 3. The summed E-state index contributed by atoms with van der Waals surface area (Å²) in [6.45, 7) is 6.95. The highest BCUT2D eigenvalue weighted by Crippen LogP contribution is 2.32. The van der Waals surface area contributed by atoms with E-state index in [1.54, 1.807) is 30.3 Å². The molecule has 37 heavy (non-hydrogen) atoms. The molecule has 0 N–H and O–H groups in total. The van der Waals surface area contributed by atoms with Gasteiger partial charge in [-0.25, -0.2) is 4.79 Å². The summed E-state index contributed by atoms with van der Waals surface area (Å²) in [5.74, 6) is 1.82. The number of benzene rings is 2. The Morgan fingerprint density at radius 2 is 1.41 bits per heavy atom. The number of carbonyl (C=O) groups excluding carboxylic acids is 2. The SMILES string of the molecule is CCCCCCCCOc1ccc(OC(=O)c2ccc(OC(=O)C3CCC(CCC)CC3)cc2C)cc1. The van der Waals surface area contributed by atoms with E-state index in [0.717, 1.165) is 43.8 Å². The van der Waals surface area contributed by atoms with Crippen molar-refractivity contribution >= 4 is 11.9 Å². The van der Waals surface area contributed by atoms with Gasteiger partial charge in [-0.05, 0) is 93.0 Å². The van der Waals surface area contributed by atoms with Gasteiger partial charge >= 0.3 is 11.9 Å². The van der Waals surface area contributed by atoms with Crippen LogP contribution in [0.15, 0.2) is 42.5 Å². The summed E-state index contributed by atoms with van der Waals surface area (Å²) in [6.07, 6.45) is 13.8. The van der Waals surface area contributed by atoms with E-state index in [4.69, 9.17) is 14.2 Å². The lowest BCUT2D eigenvalue weighted by molar-refractivity contribution is -0.140. The standard InChI is InChI=1S/C32H44O5/c1-4-6-7-8-9-10-22-35-27-16-18-28(19-17-27)36-32(34)30-21-20-29(23-24(30)3)37-31(33)26-14-12-25(11-5-2)13-15-26/h16-21,23,25-26H,4-15,22H2,1-3H3. The maximum Gasteiger partial charge on any atom is 0.343 e. The van der Waals surface area contributed by atoms with Gasteiger partial charge in [-0.1, -0.05) is 58.8 Å². The van der Waals surface area contributed by atoms with Gasteiger partial charge in [0.05, 0.1) is 18.1 Å². The van der Waals surface area contributed by atoms with Gasteiger partial charge in [0, 0.05) is 0 Å². The Balaban J connectivity index is 1.44. The predicted octanol–water partition coefficient (Wildman–Crippen LogP) is 8.47. The van der Waals surface area contributed by atoms with Crippen LogP contribution in [0.4, 0.5) is 0 Å². The van der Waals surface area contributed by atoms with Crippen molar-refractivity contribution in [1.82, 2.24) is 0 Å². The average molecular weight is 509 g/mol. The molecule has 202 valence electrons. The van der Waals surface area contributed by atoms with Crippen molar-refractivity contribution in [3.05, 3.63) is 53.6 Å². The van der Waals surface area contributed by atoms with Gasteiger partial charge in [0.2, 0.25) is 0 Å². The normalized spacial score (nSPS) is 17.3. The molecule has 0 aromatic heterocycles. The Morgan fingerprint density at radius 1 is 0.757 bits per heavy atom. The minimum Gasteiger partial charge on any atom is -0.494 e. The molecule has 0 heterocycles. The lowest BCUT2D eigenvalue weighted by Crippen LogP contribution is -2.25. The highest BCUT2D eigenvalue weighted by Gasteiger charge is 2.27. The van der Waals surface area contributed by atoms with E-state index in [0.29, 0.717) is 29.2 Å². The van der Waals surface area contributed by atoms with Crippen LogP contribution in [0.3, 0.4) is 0 Å². The van der Waals surface area contributed by atoms with E-state index in [2.05, 4.69) is 13.8 Å². The van der Waals surface area contributed by atoms with Gasteiger partial charge in [0.15, 0.2) is 0 Å². The van der Waals surface area contributed by atoms with Crippen molar-refractivity contribution < 1.29 is 23.8 Å². The second kappa shape index (κ2) is 15.4. The molecule has 0 aliphatic heterocycles. The fourth-order valence-electron chi connectivity index (χ4n) is 5.06. The zero-order valence-electron chi connectivity index (χ0n) is 22.9. The van der Waals surface area contributed by atoms with Crippen LogP contribution in [0.25, 0.3) is 0 Å². The molecule has 5 nitrogen and oxygen atoms in total. The molecule has 1 saturated carbocycles. The van der Waals surface area contributed by atoms with Crippen molar-refractivity contribution in [3.8, 4) is 17.2 Å². The Bertz CT molecular complexity index is 973. The number of rotatable bonds is 14. The summed E-state index contributed by atoms with van der Waals surface area (Å²) >= 11 is 0. The van der Waals surface area contributed by atoms with Crippen molar-refractivity contribution in [2.75, 3.05) is 6.61 Å². The van der Waals surface area contributed by atoms with Gasteiger partial charge in [0.25, 0.3) is 0 Å². The molecule has 0 amide bonds. The van der Waals surface area contributed by atoms with Crippen LogP contribution in [0.5, 0.6) is 17.2 Å². The summed E-state index contributed by atoms with van der Waals surface area (Å²) in [4.78, 5) is 25.4. The minimum atomic E-state index is -0.439.